The third-order valence-corrected chi connectivity index (χ3v) is 4.30. The maximum atomic E-state index is 12.3. The first kappa shape index (κ1) is 18.0. The Morgan fingerprint density at radius 3 is 2.65 bits per heavy atom. The van der Waals surface area contributed by atoms with Crippen molar-refractivity contribution in [3.63, 3.8) is 0 Å². The number of ether oxygens (including phenoxy) is 1. The first-order valence-corrected chi connectivity index (χ1v) is 8.47. The molecule has 7 heteroatoms. The quantitative estimate of drug-likeness (QED) is 0.727. The zero-order chi connectivity index (χ0) is 17.0. The fourth-order valence-corrected chi connectivity index (χ4v) is 3.04. The Balaban J connectivity index is 1.82. The number of rotatable bonds is 6. The summed E-state index contributed by atoms with van der Waals surface area (Å²) in [7, 11) is 3.96. The summed E-state index contributed by atoms with van der Waals surface area (Å²) in [5, 5.41) is 5.91. The van der Waals surface area contributed by atoms with Crippen LogP contribution < -0.4 is 10.6 Å². The van der Waals surface area contributed by atoms with Crippen LogP contribution in [0.4, 0.5) is 4.79 Å². The number of carbonyl (C=O) groups is 2. The molecule has 2 aliphatic rings. The van der Waals surface area contributed by atoms with Crippen molar-refractivity contribution in [1.29, 1.82) is 0 Å². The average molecular weight is 326 g/mol. The highest BCUT2D eigenvalue weighted by Gasteiger charge is 2.45. The molecule has 3 amide bonds. The number of fused-ring (bicyclic) bond motifs is 2. The van der Waals surface area contributed by atoms with E-state index in [1.54, 1.807) is 4.90 Å². The van der Waals surface area contributed by atoms with E-state index in [0.29, 0.717) is 38.5 Å². The minimum atomic E-state index is -0.182. The Kier molecular flexibility index (Phi) is 6.24. The van der Waals surface area contributed by atoms with Crippen molar-refractivity contribution in [3.05, 3.63) is 0 Å². The third kappa shape index (κ3) is 5.07. The van der Waals surface area contributed by atoms with Gasteiger partial charge in [-0.15, -0.1) is 0 Å². The number of carbonyl (C=O) groups excluding carboxylic acids is 2. The van der Waals surface area contributed by atoms with E-state index in [-0.39, 0.29) is 30.1 Å². The first-order valence-electron chi connectivity index (χ1n) is 8.47. The zero-order valence-corrected chi connectivity index (χ0v) is 14.7. The number of hydrogen-bond donors (Lipinski definition) is 2. The summed E-state index contributed by atoms with van der Waals surface area (Å²) in [4.78, 5) is 28.3. The van der Waals surface area contributed by atoms with Gasteiger partial charge in [-0.05, 0) is 26.4 Å². The van der Waals surface area contributed by atoms with Gasteiger partial charge in [-0.1, -0.05) is 13.8 Å². The Morgan fingerprint density at radius 2 is 2.00 bits per heavy atom. The van der Waals surface area contributed by atoms with Gasteiger partial charge in [-0.3, -0.25) is 4.79 Å². The molecule has 23 heavy (non-hydrogen) atoms. The molecule has 0 spiro atoms. The number of urea groups is 1. The fraction of sp³-hybridized carbons (Fsp3) is 0.875. The van der Waals surface area contributed by atoms with Crippen LogP contribution >= 0.6 is 0 Å². The summed E-state index contributed by atoms with van der Waals surface area (Å²) >= 11 is 0. The van der Waals surface area contributed by atoms with Crippen molar-refractivity contribution in [3.8, 4) is 0 Å². The standard InChI is InChI=1S/C16H30N4O3/c1-11(2)8-18-16(22)20-9-12-7-13(14(10-20)23-12)15(21)17-5-6-19(3)4/h11-14H,5-10H2,1-4H3,(H,17,21)(H,18,22)/t12-,13+,14-/m0/s1. The van der Waals surface area contributed by atoms with Gasteiger partial charge in [0.2, 0.25) is 5.91 Å². The third-order valence-electron chi connectivity index (χ3n) is 4.30. The van der Waals surface area contributed by atoms with Crippen molar-refractivity contribution in [2.75, 3.05) is 46.8 Å². The summed E-state index contributed by atoms with van der Waals surface area (Å²) in [5.41, 5.74) is 0. The van der Waals surface area contributed by atoms with Crippen LogP contribution in [0, 0.1) is 11.8 Å². The van der Waals surface area contributed by atoms with Crippen LogP contribution in [0.1, 0.15) is 20.3 Å². The molecule has 2 saturated heterocycles. The molecule has 7 nitrogen and oxygen atoms in total. The van der Waals surface area contributed by atoms with E-state index in [1.165, 1.54) is 0 Å². The number of likely N-dealkylation sites (N-methyl/N-ethyl adjacent to an activating group) is 1. The molecule has 0 aliphatic carbocycles. The van der Waals surface area contributed by atoms with Gasteiger partial charge in [0.15, 0.2) is 0 Å². The molecule has 3 atom stereocenters. The van der Waals surface area contributed by atoms with Gasteiger partial charge >= 0.3 is 6.03 Å². The van der Waals surface area contributed by atoms with Crippen LogP contribution in [-0.2, 0) is 9.53 Å². The van der Waals surface area contributed by atoms with Crippen molar-refractivity contribution >= 4 is 11.9 Å². The Bertz CT molecular complexity index is 428. The zero-order valence-electron chi connectivity index (χ0n) is 14.7. The Morgan fingerprint density at radius 1 is 1.26 bits per heavy atom. The number of likely N-dealkylation sites (tertiary alicyclic amines) is 1. The Labute approximate surface area is 138 Å². The SMILES string of the molecule is CC(C)CNC(=O)N1C[C@@H]2C[C@@H](C(=O)NCCN(C)C)[C@H](C1)O2. The lowest BCUT2D eigenvalue weighted by Crippen LogP contribution is -2.51. The van der Waals surface area contributed by atoms with Gasteiger partial charge < -0.3 is 25.2 Å². The highest BCUT2D eigenvalue weighted by atomic mass is 16.5. The largest absolute Gasteiger partial charge is 0.370 e. The van der Waals surface area contributed by atoms with E-state index in [9.17, 15) is 9.59 Å². The summed E-state index contributed by atoms with van der Waals surface area (Å²) < 4.78 is 5.87. The van der Waals surface area contributed by atoms with Crippen molar-refractivity contribution < 1.29 is 14.3 Å². The maximum absolute atomic E-state index is 12.3. The van der Waals surface area contributed by atoms with E-state index in [0.717, 1.165) is 6.54 Å². The molecule has 2 bridgehead atoms. The molecule has 2 rings (SSSR count). The van der Waals surface area contributed by atoms with Crippen LogP contribution in [0.5, 0.6) is 0 Å². The van der Waals surface area contributed by atoms with Crippen LogP contribution in [0.15, 0.2) is 0 Å². The fourth-order valence-electron chi connectivity index (χ4n) is 3.04. The highest BCUT2D eigenvalue weighted by Crippen LogP contribution is 2.32. The van der Waals surface area contributed by atoms with E-state index in [1.807, 2.05) is 19.0 Å². The first-order chi connectivity index (χ1) is 10.9. The summed E-state index contributed by atoms with van der Waals surface area (Å²) in [6, 6.07) is -0.0503. The lowest BCUT2D eigenvalue weighted by atomic mass is 9.99. The molecular formula is C16H30N4O3. The topological polar surface area (TPSA) is 73.9 Å². The molecule has 2 fully saturated rings. The minimum absolute atomic E-state index is 0.0249. The summed E-state index contributed by atoms with van der Waals surface area (Å²) in [5.74, 6) is 0.320. The lowest BCUT2D eigenvalue weighted by Gasteiger charge is -2.33. The van der Waals surface area contributed by atoms with Crippen molar-refractivity contribution in [2.45, 2.75) is 32.5 Å². The molecule has 0 aromatic rings. The smallest absolute Gasteiger partial charge is 0.317 e. The minimum Gasteiger partial charge on any atom is -0.370 e. The van der Waals surface area contributed by atoms with Gasteiger partial charge in [0, 0.05) is 32.7 Å². The number of nitrogens with zero attached hydrogens (tertiary/aromatic N) is 2. The molecule has 0 unspecified atom stereocenters. The van der Waals surface area contributed by atoms with E-state index in [2.05, 4.69) is 24.5 Å². The second-order valence-corrected chi connectivity index (χ2v) is 7.22. The van der Waals surface area contributed by atoms with Gasteiger partial charge in [-0.2, -0.15) is 0 Å². The second kappa shape index (κ2) is 7.97. The predicted molar refractivity (Wildman–Crippen MR) is 88.1 cm³/mol. The van der Waals surface area contributed by atoms with Gasteiger partial charge in [0.25, 0.3) is 0 Å². The normalized spacial score (nSPS) is 26.7. The van der Waals surface area contributed by atoms with E-state index < -0.39 is 0 Å². The summed E-state index contributed by atoms with van der Waals surface area (Å²) in [6.45, 7) is 7.32. The molecule has 0 aromatic carbocycles. The monoisotopic (exact) mass is 326 g/mol. The van der Waals surface area contributed by atoms with E-state index in [4.69, 9.17) is 4.74 Å². The molecule has 2 N–H and O–H groups in total. The van der Waals surface area contributed by atoms with Crippen LogP contribution in [0.2, 0.25) is 0 Å². The van der Waals surface area contributed by atoms with Gasteiger partial charge in [-0.25, -0.2) is 4.79 Å². The summed E-state index contributed by atoms with van der Waals surface area (Å²) in [6.07, 6.45) is 0.493. The molecule has 0 radical (unpaired) electrons. The van der Waals surface area contributed by atoms with E-state index >= 15 is 0 Å². The number of morpholine rings is 1. The van der Waals surface area contributed by atoms with Crippen molar-refractivity contribution in [1.82, 2.24) is 20.4 Å². The van der Waals surface area contributed by atoms with Gasteiger partial charge in [0.05, 0.1) is 18.1 Å². The van der Waals surface area contributed by atoms with Crippen LogP contribution in [0.3, 0.4) is 0 Å². The van der Waals surface area contributed by atoms with Crippen LogP contribution in [0.25, 0.3) is 0 Å². The Hall–Kier alpha value is -1.34. The molecule has 0 aromatic heterocycles. The molecule has 132 valence electrons. The molecule has 2 heterocycles. The molecular weight excluding hydrogens is 296 g/mol. The predicted octanol–water partition coefficient (Wildman–Crippen LogP) is 0.119. The van der Waals surface area contributed by atoms with Crippen molar-refractivity contribution in [2.24, 2.45) is 11.8 Å². The molecule has 2 aliphatic heterocycles. The maximum Gasteiger partial charge on any atom is 0.317 e. The van der Waals surface area contributed by atoms with Crippen LogP contribution in [-0.4, -0.2) is 80.8 Å². The molecule has 0 saturated carbocycles. The lowest BCUT2D eigenvalue weighted by molar-refractivity contribution is -0.127. The van der Waals surface area contributed by atoms with Gasteiger partial charge in [0.1, 0.15) is 0 Å². The highest BCUT2D eigenvalue weighted by molar-refractivity contribution is 5.80. The average Bonchev–Trinajstić information content (AvgIpc) is 2.78. The second-order valence-electron chi connectivity index (χ2n) is 7.22. The number of amides is 3. The number of hydrogen-bond acceptors (Lipinski definition) is 4. The number of nitrogens with one attached hydrogen (secondary N) is 2.